The first-order valence-electron chi connectivity index (χ1n) is 17.0. The number of nitrogens with one attached hydrogen (secondary N) is 2. The molecule has 2 N–H and O–H groups in total. The molecule has 0 saturated carbocycles. The Balaban J connectivity index is 1.18. The molecule has 6 heteroatoms. The zero-order chi connectivity index (χ0) is 33.6. The van der Waals surface area contributed by atoms with Crippen molar-refractivity contribution in [2.45, 2.75) is 0 Å². The van der Waals surface area contributed by atoms with Gasteiger partial charge in [-0.2, -0.15) is 0 Å². The second kappa shape index (κ2) is 10.5. The summed E-state index contributed by atoms with van der Waals surface area (Å²) < 4.78 is 2.21. The van der Waals surface area contributed by atoms with Crippen molar-refractivity contribution < 1.29 is 0 Å². The van der Waals surface area contributed by atoms with Crippen LogP contribution < -0.4 is 5.56 Å². The number of rotatable bonds is 3. The molecule has 0 radical (unpaired) electrons. The molecular formula is C45H27N5O. The highest BCUT2D eigenvalue weighted by Gasteiger charge is 2.20. The normalized spacial score (nSPS) is 12.0. The van der Waals surface area contributed by atoms with Crippen molar-refractivity contribution >= 4 is 76.2 Å². The molecule has 0 bridgehead atoms. The molecular weight excluding hydrogens is 627 g/mol. The largest absolute Gasteiger partial charge is 0.353 e. The number of aromatic amines is 2. The van der Waals surface area contributed by atoms with Crippen LogP contribution in [0.3, 0.4) is 0 Å². The van der Waals surface area contributed by atoms with Crippen LogP contribution >= 0.6 is 0 Å². The molecule has 0 fully saturated rings. The third-order valence-corrected chi connectivity index (χ3v) is 10.3. The van der Waals surface area contributed by atoms with E-state index in [1.54, 1.807) is 0 Å². The van der Waals surface area contributed by atoms with Crippen LogP contribution in [0.1, 0.15) is 0 Å². The van der Waals surface area contributed by atoms with Gasteiger partial charge in [-0.1, -0.05) is 109 Å². The van der Waals surface area contributed by atoms with Gasteiger partial charge in [0, 0.05) is 43.4 Å². The topological polar surface area (TPSA) is 79.4 Å². The number of nitrogens with zero attached hydrogens (tertiary/aromatic N) is 3. The van der Waals surface area contributed by atoms with Gasteiger partial charge in [-0.05, 0) is 64.4 Å². The minimum absolute atomic E-state index is 0.0863. The Bertz CT molecular complexity index is 3280. The first-order valence-corrected chi connectivity index (χ1v) is 17.0. The molecule has 7 aromatic carbocycles. The average Bonchev–Trinajstić information content (AvgIpc) is 3.73. The van der Waals surface area contributed by atoms with Gasteiger partial charge in [-0.15, -0.1) is 0 Å². The molecule has 0 spiro atoms. The van der Waals surface area contributed by atoms with Crippen LogP contribution in [0.5, 0.6) is 0 Å². The summed E-state index contributed by atoms with van der Waals surface area (Å²) in [5, 5.41) is 8.23. The number of aromatic nitrogens is 5. The van der Waals surface area contributed by atoms with E-state index >= 15 is 0 Å². The lowest BCUT2D eigenvalue weighted by atomic mass is 9.99. The molecule has 4 heterocycles. The number of fused-ring (bicyclic) bond motifs is 11. The van der Waals surface area contributed by atoms with Crippen LogP contribution in [0.25, 0.3) is 105 Å². The fraction of sp³-hybridized carbons (Fsp3) is 0. The van der Waals surface area contributed by atoms with Gasteiger partial charge in [-0.3, -0.25) is 9.36 Å². The summed E-state index contributed by atoms with van der Waals surface area (Å²) in [6.07, 6.45) is 0. The summed E-state index contributed by atoms with van der Waals surface area (Å²) in [6, 6.07) is 52.3. The van der Waals surface area contributed by atoms with Crippen LogP contribution in [-0.4, -0.2) is 24.5 Å². The average molecular weight is 654 g/mol. The van der Waals surface area contributed by atoms with E-state index in [4.69, 9.17) is 9.97 Å². The lowest BCUT2D eigenvalue weighted by Gasteiger charge is -2.12. The molecule has 11 aromatic rings. The zero-order valence-corrected chi connectivity index (χ0v) is 27.2. The van der Waals surface area contributed by atoms with Crippen LogP contribution in [0.15, 0.2) is 156 Å². The molecule has 0 amide bonds. The van der Waals surface area contributed by atoms with Gasteiger partial charge in [0.25, 0.3) is 5.56 Å². The lowest BCUT2D eigenvalue weighted by molar-refractivity contribution is 1.01. The second-order valence-electron chi connectivity index (χ2n) is 13.1. The molecule has 0 saturated heterocycles. The van der Waals surface area contributed by atoms with Crippen LogP contribution in [0, 0.1) is 0 Å². The van der Waals surface area contributed by atoms with Gasteiger partial charge in [0.15, 0.2) is 0 Å². The molecule has 0 aliphatic heterocycles. The Kier molecular flexibility index (Phi) is 5.72. The Morgan fingerprint density at radius 2 is 1.14 bits per heavy atom. The molecule has 0 aliphatic rings. The maximum absolute atomic E-state index is 13.1. The first-order chi connectivity index (χ1) is 25.2. The standard InChI is InChI=1S/C45H27N5O/c51-44-32-15-7-6-14-31(32)42-43(48-44)34-24-28(18-21-37(34)46-42)29-20-22-38-35(25-29)40-30-13-5-4-10-26(30)19-23-39(40)50(38)45-47-36-17-9-8-16-33(36)41(49-45)27-11-2-1-3-12-27/h1-25,46H,(H,48,51). The Morgan fingerprint density at radius 3 is 2.00 bits per heavy atom. The highest BCUT2D eigenvalue weighted by atomic mass is 16.1. The summed E-state index contributed by atoms with van der Waals surface area (Å²) in [4.78, 5) is 30.2. The minimum Gasteiger partial charge on any atom is -0.353 e. The number of para-hydroxylation sites is 1. The molecule has 0 aliphatic carbocycles. The summed E-state index contributed by atoms with van der Waals surface area (Å²) in [5.41, 5.74) is 9.72. The molecule has 51 heavy (non-hydrogen) atoms. The van der Waals surface area contributed by atoms with E-state index in [1.165, 1.54) is 10.8 Å². The molecule has 11 rings (SSSR count). The van der Waals surface area contributed by atoms with E-state index < -0.39 is 0 Å². The molecule has 6 nitrogen and oxygen atoms in total. The SMILES string of the molecule is O=c1[nH]c2c3cc(-c4ccc5c(c4)c4c6ccccc6ccc4n5-c4nc(-c5ccccc5)c5ccccc5n4)ccc3[nH]c2c2ccccc12. The van der Waals surface area contributed by atoms with Crippen molar-refractivity contribution in [2.24, 2.45) is 0 Å². The molecule has 0 atom stereocenters. The minimum atomic E-state index is -0.0863. The monoisotopic (exact) mass is 653 g/mol. The Hall–Kier alpha value is -7.05. The van der Waals surface area contributed by atoms with E-state index in [9.17, 15) is 4.79 Å². The lowest BCUT2D eigenvalue weighted by Crippen LogP contribution is -2.05. The maximum Gasteiger partial charge on any atom is 0.256 e. The first kappa shape index (κ1) is 27.9. The molecule has 0 unspecified atom stereocenters. The van der Waals surface area contributed by atoms with E-state index in [1.807, 2.05) is 54.6 Å². The van der Waals surface area contributed by atoms with Crippen molar-refractivity contribution in [1.29, 1.82) is 0 Å². The van der Waals surface area contributed by atoms with Gasteiger partial charge in [0.2, 0.25) is 5.95 Å². The summed E-state index contributed by atoms with van der Waals surface area (Å²) in [6.45, 7) is 0. The van der Waals surface area contributed by atoms with Gasteiger partial charge in [0.05, 0.1) is 33.3 Å². The number of hydrogen-bond acceptors (Lipinski definition) is 3. The van der Waals surface area contributed by atoms with Gasteiger partial charge >= 0.3 is 0 Å². The molecule has 4 aromatic heterocycles. The van der Waals surface area contributed by atoms with Crippen LogP contribution in [0.4, 0.5) is 0 Å². The predicted molar refractivity (Wildman–Crippen MR) is 210 cm³/mol. The van der Waals surface area contributed by atoms with Crippen molar-refractivity contribution in [1.82, 2.24) is 24.5 Å². The van der Waals surface area contributed by atoms with E-state index in [2.05, 4.69) is 112 Å². The summed E-state index contributed by atoms with van der Waals surface area (Å²) >= 11 is 0. The fourth-order valence-electron chi connectivity index (χ4n) is 7.95. The second-order valence-corrected chi connectivity index (χ2v) is 13.1. The van der Waals surface area contributed by atoms with Crippen molar-refractivity contribution in [3.05, 3.63) is 162 Å². The van der Waals surface area contributed by atoms with Gasteiger partial charge in [-0.25, -0.2) is 9.97 Å². The predicted octanol–water partition coefficient (Wildman–Crippen LogP) is 10.7. The smallest absolute Gasteiger partial charge is 0.256 e. The summed E-state index contributed by atoms with van der Waals surface area (Å²) in [7, 11) is 0. The van der Waals surface area contributed by atoms with E-state index in [0.29, 0.717) is 11.3 Å². The number of benzene rings is 7. The highest BCUT2D eigenvalue weighted by molar-refractivity contribution is 6.22. The third-order valence-electron chi connectivity index (χ3n) is 10.3. The Labute approximate surface area is 290 Å². The quantitative estimate of drug-likeness (QED) is 0.199. The third kappa shape index (κ3) is 4.07. The Morgan fingerprint density at radius 1 is 0.471 bits per heavy atom. The number of H-pyrrole nitrogens is 2. The van der Waals surface area contributed by atoms with Crippen molar-refractivity contribution in [3.8, 4) is 28.3 Å². The van der Waals surface area contributed by atoms with E-state index in [-0.39, 0.29) is 5.56 Å². The highest BCUT2D eigenvalue weighted by Crippen LogP contribution is 2.40. The molecule has 238 valence electrons. The zero-order valence-electron chi connectivity index (χ0n) is 27.2. The fourth-order valence-corrected chi connectivity index (χ4v) is 7.95. The van der Waals surface area contributed by atoms with Crippen molar-refractivity contribution in [2.75, 3.05) is 0 Å². The summed E-state index contributed by atoms with van der Waals surface area (Å²) in [5.74, 6) is 0.631. The van der Waals surface area contributed by atoms with Gasteiger partial charge in [0.1, 0.15) is 0 Å². The van der Waals surface area contributed by atoms with E-state index in [0.717, 1.165) is 82.4 Å². The van der Waals surface area contributed by atoms with Crippen molar-refractivity contribution in [3.63, 3.8) is 0 Å². The van der Waals surface area contributed by atoms with Gasteiger partial charge < -0.3 is 9.97 Å². The number of hydrogen-bond donors (Lipinski definition) is 2. The number of pyridine rings is 1. The van der Waals surface area contributed by atoms with Crippen LogP contribution in [-0.2, 0) is 0 Å². The maximum atomic E-state index is 13.1. The van der Waals surface area contributed by atoms with Crippen LogP contribution in [0.2, 0.25) is 0 Å².